The third-order valence-electron chi connectivity index (χ3n) is 6.28. The van der Waals surface area contributed by atoms with Crippen LogP contribution in [0.15, 0.2) is 48.5 Å². The van der Waals surface area contributed by atoms with E-state index < -0.39 is 6.10 Å². The standard InChI is InChI=1S/C25H32N2O3/c1-26-13-5-8-21(17-26)25(29)27-14-15-30-24-12-10-20(16-22(24)18-27)23(28)11-9-19-6-3-2-4-7-19/h2-4,6-7,10,12,16,21,23,28H,5,8-9,11,13-15,17-18H2,1H3. The van der Waals surface area contributed by atoms with Crippen LogP contribution in [0.4, 0.5) is 0 Å². The number of hydrogen-bond donors (Lipinski definition) is 1. The van der Waals surface area contributed by atoms with Gasteiger partial charge in [-0.1, -0.05) is 36.4 Å². The molecule has 5 nitrogen and oxygen atoms in total. The van der Waals surface area contributed by atoms with Crippen LogP contribution < -0.4 is 4.74 Å². The fourth-order valence-electron chi connectivity index (χ4n) is 4.55. The molecule has 30 heavy (non-hydrogen) atoms. The van der Waals surface area contributed by atoms with Crippen LogP contribution in [0.3, 0.4) is 0 Å². The third kappa shape index (κ3) is 5.02. The second kappa shape index (κ2) is 9.63. The lowest BCUT2D eigenvalue weighted by Gasteiger charge is -2.32. The molecule has 1 saturated heterocycles. The van der Waals surface area contributed by atoms with Crippen molar-refractivity contribution < 1.29 is 14.6 Å². The maximum atomic E-state index is 13.1. The van der Waals surface area contributed by atoms with Crippen LogP contribution >= 0.6 is 0 Å². The number of amides is 1. The Kier molecular flexibility index (Phi) is 6.70. The first-order chi connectivity index (χ1) is 14.6. The summed E-state index contributed by atoms with van der Waals surface area (Å²) in [5.41, 5.74) is 3.10. The molecule has 0 spiro atoms. The molecule has 0 aliphatic carbocycles. The molecule has 0 bridgehead atoms. The van der Waals surface area contributed by atoms with Gasteiger partial charge in [0.15, 0.2) is 0 Å². The Hall–Kier alpha value is -2.37. The summed E-state index contributed by atoms with van der Waals surface area (Å²) in [6, 6.07) is 16.1. The number of benzene rings is 2. The molecule has 5 heteroatoms. The number of aliphatic hydroxyl groups excluding tert-OH is 1. The predicted molar refractivity (Wildman–Crippen MR) is 117 cm³/mol. The van der Waals surface area contributed by atoms with E-state index in [2.05, 4.69) is 24.1 Å². The minimum atomic E-state index is -0.532. The van der Waals surface area contributed by atoms with Gasteiger partial charge in [0.05, 0.1) is 18.6 Å². The average Bonchev–Trinajstić information content (AvgIpc) is 2.99. The Balaban J connectivity index is 1.44. The first-order valence-electron chi connectivity index (χ1n) is 11.0. The molecule has 160 valence electrons. The second-order valence-electron chi connectivity index (χ2n) is 8.62. The van der Waals surface area contributed by atoms with Crippen molar-refractivity contribution in [3.8, 4) is 5.75 Å². The Morgan fingerprint density at radius 1 is 1.20 bits per heavy atom. The topological polar surface area (TPSA) is 53.0 Å². The number of piperidine rings is 1. The number of rotatable bonds is 5. The van der Waals surface area contributed by atoms with Crippen molar-refractivity contribution in [2.24, 2.45) is 5.92 Å². The van der Waals surface area contributed by atoms with Gasteiger partial charge in [-0.2, -0.15) is 0 Å². The molecule has 2 heterocycles. The highest BCUT2D eigenvalue weighted by molar-refractivity contribution is 5.79. The third-order valence-corrected chi connectivity index (χ3v) is 6.28. The SMILES string of the molecule is CN1CCCC(C(=O)N2CCOc3ccc(C(O)CCc4ccccc4)cc3C2)C1. The predicted octanol–water partition coefficient (Wildman–Crippen LogP) is 3.42. The number of carbonyl (C=O) groups is 1. The van der Waals surface area contributed by atoms with Crippen molar-refractivity contribution in [2.45, 2.75) is 38.3 Å². The Morgan fingerprint density at radius 2 is 2.03 bits per heavy atom. The molecule has 1 amide bonds. The summed E-state index contributed by atoms with van der Waals surface area (Å²) < 4.78 is 5.92. The van der Waals surface area contributed by atoms with Crippen molar-refractivity contribution in [1.29, 1.82) is 0 Å². The number of aryl methyl sites for hydroxylation is 1. The first-order valence-corrected chi connectivity index (χ1v) is 11.0. The molecule has 0 aromatic heterocycles. The molecule has 1 fully saturated rings. The van der Waals surface area contributed by atoms with E-state index in [1.165, 1.54) is 5.56 Å². The zero-order valence-electron chi connectivity index (χ0n) is 17.8. The Labute approximate surface area is 179 Å². The minimum absolute atomic E-state index is 0.0740. The van der Waals surface area contributed by atoms with Gasteiger partial charge in [-0.15, -0.1) is 0 Å². The van der Waals surface area contributed by atoms with Gasteiger partial charge in [-0.3, -0.25) is 4.79 Å². The smallest absolute Gasteiger partial charge is 0.227 e. The van der Waals surface area contributed by atoms with Crippen LogP contribution in [0, 0.1) is 5.92 Å². The summed E-state index contributed by atoms with van der Waals surface area (Å²) in [5, 5.41) is 10.7. The molecule has 1 N–H and O–H groups in total. The van der Waals surface area contributed by atoms with Gasteiger partial charge in [-0.25, -0.2) is 0 Å². The lowest BCUT2D eigenvalue weighted by molar-refractivity contribution is -0.138. The molecule has 2 aromatic rings. The van der Waals surface area contributed by atoms with E-state index in [0.717, 1.165) is 49.2 Å². The number of carbonyl (C=O) groups excluding carboxylic acids is 1. The van der Waals surface area contributed by atoms with E-state index in [1.807, 2.05) is 41.3 Å². The summed E-state index contributed by atoms with van der Waals surface area (Å²) in [4.78, 5) is 17.3. The molecule has 2 atom stereocenters. The Bertz CT molecular complexity index is 855. The van der Waals surface area contributed by atoms with Crippen molar-refractivity contribution in [2.75, 3.05) is 33.3 Å². The number of nitrogens with zero attached hydrogens (tertiary/aromatic N) is 2. The van der Waals surface area contributed by atoms with Gasteiger partial charge in [0.1, 0.15) is 12.4 Å². The zero-order chi connectivity index (χ0) is 20.9. The van der Waals surface area contributed by atoms with Gasteiger partial charge in [0.25, 0.3) is 0 Å². The quantitative estimate of drug-likeness (QED) is 0.824. The second-order valence-corrected chi connectivity index (χ2v) is 8.62. The van der Waals surface area contributed by atoms with E-state index in [-0.39, 0.29) is 11.8 Å². The fourth-order valence-corrected chi connectivity index (χ4v) is 4.55. The highest BCUT2D eigenvalue weighted by Gasteiger charge is 2.29. The van der Waals surface area contributed by atoms with Crippen molar-refractivity contribution >= 4 is 5.91 Å². The highest BCUT2D eigenvalue weighted by atomic mass is 16.5. The monoisotopic (exact) mass is 408 g/mol. The van der Waals surface area contributed by atoms with E-state index >= 15 is 0 Å². The van der Waals surface area contributed by atoms with Gasteiger partial charge >= 0.3 is 0 Å². The lowest BCUT2D eigenvalue weighted by atomic mass is 9.96. The summed E-state index contributed by atoms with van der Waals surface area (Å²) in [6.07, 6.45) is 3.00. The van der Waals surface area contributed by atoms with E-state index in [9.17, 15) is 9.90 Å². The van der Waals surface area contributed by atoms with E-state index in [0.29, 0.717) is 26.1 Å². The largest absolute Gasteiger partial charge is 0.491 e. The van der Waals surface area contributed by atoms with Crippen molar-refractivity contribution in [3.63, 3.8) is 0 Å². The molecular formula is C25H32N2O3. The molecule has 4 rings (SSSR count). The van der Waals surface area contributed by atoms with Crippen molar-refractivity contribution in [3.05, 3.63) is 65.2 Å². The zero-order valence-corrected chi connectivity index (χ0v) is 17.8. The van der Waals surface area contributed by atoms with Crippen LogP contribution in [0.1, 0.15) is 42.1 Å². The summed E-state index contributed by atoms with van der Waals surface area (Å²) in [5.74, 6) is 1.13. The molecular weight excluding hydrogens is 376 g/mol. The molecule has 0 radical (unpaired) electrons. The maximum absolute atomic E-state index is 13.1. The first kappa shape index (κ1) is 20.9. The number of fused-ring (bicyclic) bond motifs is 1. The van der Waals surface area contributed by atoms with Gasteiger partial charge in [0.2, 0.25) is 5.91 Å². The normalized spacial score (nSPS) is 20.7. The highest BCUT2D eigenvalue weighted by Crippen LogP contribution is 2.29. The molecule has 0 saturated carbocycles. The van der Waals surface area contributed by atoms with Gasteiger partial charge < -0.3 is 19.6 Å². The van der Waals surface area contributed by atoms with Crippen LogP contribution in [-0.4, -0.2) is 54.1 Å². The van der Waals surface area contributed by atoms with Crippen LogP contribution in [0.5, 0.6) is 5.75 Å². The minimum Gasteiger partial charge on any atom is -0.491 e. The van der Waals surface area contributed by atoms with E-state index in [4.69, 9.17) is 4.74 Å². The Morgan fingerprint density at radius 3 is 2.83 bits per heavy atom. The number of likely N-dealkylation sites (tertiary alicyclic amines) is 1. The van der Waals surface area contributed by atoms with Gasteiger partial charge in [0, 0.05) is 18.7 Å². The maximum Gasteiger partial charge on any atom is 0.227 e. The van der Waals surface area contributed by atoms with Crippen molar-refractivity contribution in [1.82, 2.24) is 9.80 Å². The molecule has 2 aliphatic rings. The average molecular weight is 409 g/mol. The molecule has 2 aliphatic heterocycles. The fraction of sp³-hybridized carbons (Fsp3) is 0.480. The van der Waals surface area contributed by atoms with Gasteiger partial charge in [-0.05, 0) is 62.5 Å². The number of hydrogen-bond acceptors (Lipinski definition) is 4. The summed E-state index contributed by atoms with van der Waals surface area (Å²) in [7, 11) is 2.09. The lowest BCUT2D eigenvalue weighted by Crippen LogP contribution is -2.44. The van der Waals surface area contributed by atoms with Crippen LogP contribution in [0.25, 0.3) is 0 Å². The number of ether oxygens (including phenoxy) is 1. The number of aliphatic hydroxyl groups is 1. The molecule has 2 unspecified atom stereocenters. The summed E-state index contributed by atoms with van der Waals surface area (Å²) in [6.45, 7) is 3.58. The summed E-state index contributed by atoms with van der Waals surface area (Å²) >= 11 is 0. The van der Waals surface area contributed by atoms with Crippen LogP contribution in [-0.2, 0) is 17.8 Å². The van der Waals surface area contributed by atoms with E-state index in [1.54, 1.807) is 0 Å². The van der Waals surface area contributed by atoms with Crippen LogP contribution in [0.2, 0.25) is 0 Å². The molecule has 2 aromatic carbocycles.